The number of nitrogens with zero attached hydrogens (tertiary/aromatic N) is 2. The van der Waals surface area contributed by atoms with Crippen LogP contribution >= 0.6 is 0 Å². The lowest BCUT2D eigenvalue weighted by Crippen LogP contribution is -2.49. The zero-order chi connectivity index (χ0) is 25.6. The number of carbonyl (C=O) groups is 2. The van der Waals surface area contributed by atoms with Crippen molar-refractivity contribution in [3.8, 4) is 11.1 Å². The zero-order valence-corrected chi connectivity index (χ0v) is 21.1. The molecule has 6 rings (SSSR count). The summed E-state index contributed by atoms with van der Waals surface area (Å²) in [5.41, 5.74) is 7.07. The Morgan fingerprint density at radius 3 is 2.41 bits per heavy atom. The molecule has 2 N–H and O–H groups in total. The highest BCUT2D eigenvalue weighted by molar-refractivity contribution is 6.01. The number of aryl methyl sites for hydroxylation is 2. The first-order valence-electron chi connectivity index (χ1n) is 12.8. The summed E-state index contributed by atoms with van der Waals surface area (Å²) < 4.78 is 1.53. The van der Waals surface area contributed by atoms with Crippen molar-refractivity contribution >= 4 is 17.5 Å². The van der Waals surface area contributed by atoms with Gasteiger partial charge in [0.05, 0.1) is 0 Å². The van der Waals surface area contributed by atoms with Crippen LogP contribution in [0.15, 0.2) is 85.1 Å². The summed E-state index contributed by atoms with van der Waals surface area (Å²) in [7, 11) is 1.73. The van der Waals surface area contributed by atoms with Gasteiger partial charge in [0, 0.05) is 24.8 Å². The summed E-state index contributed by atoms with van der Waals surface area (Å²) >= 11 is 0. The fourth-order valence-corrected chi connectivity index (χ4v) is 5.96. The summed E-state index contributed by atoms with van der Waals surface area (Å²) in [4.78, 5) is 27.2. The van der Waals surface area contributed by atoms with Crippen LogP contribution in [0.5, 0.6) is 0 Å². The first kappa shape index (κ1) is 23.2. The topological polar surface area (TPSA) is 76.0 Å². The molecule has 1 fully saturated rings. The largest absolute Gasteiger partial charge is 0.338 e. The minimum absolute atomic E-state index is 0.0279. The molecular weight excluding hydrogens is 460 g/mol. The summed E-state index contributed by atoms with van der Waals surface area (Å²) in [6.45, 7) is 2.09. The average Bonchev–Trinajstić information content (AvgIpc) is 3.40. The third-order valence-electron chi connectivity index (χ3n) is 8.05. The highest BCUT2D eigenvalue weighted by Crippen LogP contribution is 2.64. The smallest absolute Gasteiger partial charge is 0.270 e. The van der Waals surface area contributed by atoms with E-state index in [1.54, 1.807) is 19.3 Å². The Hall–Kier alpha value is -4.19. The number of fused-ring (bicyclic) bond motifs is 1. The molecule has 2 amide bonds. The van der Waals surface area contributed by atoms with Gasteiger partial charge in [-0.1, -0.05) is 60.7 Å². The van der Waals surface area contributed by atoms with Crippen molar-refractivity contribution in [2.75, 3.05) is 5.32 Å². The SMILES string of the molecule is Cc1ccccc1-c1ccc(NC(=O)[C@@H](NC(=O)c2ccnn2C)C2c3ccccc3CC23CC3)cc1. The van der Waals surface area contributed by atoms with E-state index < -0.39 is 6.04 Å². The summed E-state index contributed by atoms with van der Waals surface area (Å²) in [6.07, 6.45) is 4.66. The summed E-state index contributed by atoms with van der Waals surface area (Å²) in [5.74, 6) is -0.575. The van der Waals surface area contributed by atoms with Crippen LogP contribution in [-0.2, 0) is 18.3 Å². The van der Waals surface area contributed by atoms with Gasteiger partial charge in [0.15, 0.2) is 0 Å². The number of hydrogen-bond donors (Lipinski definition) is 2. The third-order valence-corrected chi connectivity index (χ3v) is 8.05. The quantitative estimate of drug-likeness (QED) is 0.388. The van der Waals surface area contributed by atoms with E-state index in [-0.39, 0.29) is 23.1 Å². The Morgan fingerprint density at radius 1 is 0.973 bits per heavy atom. The van der Waals surface area contributed by atoms with Gasteiger partial charge in [0.25, 0.3) is 5.91 Å². The van der Waals surface area contributed by atoms with E-state index in [9.17, 15) is 9.59 Å². The Labute approximate surface area is 216 Å². The molecule has 0 radical (unpaired) electrons. The number of benzene rings is 3. The van der Waals surface area contributed by atoms with E-state index in [2.05, 4.69) is 53.0 Å². The van der Waals surface area contributed by atoms with Gasteiger partial charge in [-0.25, -0.2) is 0 Å². The minimum Gasteiger partial charge on any atom is -0.338 e. The van der Waals surface area contributed by atoms with Crippen LogP contribution in [0.2, 0.25) is 0 Å². The summed E-state index contributed by atoms with van der Waals surface area (Å²) in [5, 5.41) is 10.3. The van der Waals surface area contributed by atoms with Crippen LogP contribution in [0.3, 0.4) is 0 Å². The first-order chi connectivity index (χ1) is 17.9. The minimum atomic E-state index is -0.704. The molecule has 1 heterocycles. The number of hydrogen-bond acceptors (Lipinski definition) is 3. The van der Waals surface area contributed by atoms with Crippen molar-refractivity contribution in [2.45, 2.75) is 38.1 Å². The highest BCUT2D eigenvalue weighted by Gasteiger charge is 2.58. The Morgan fingerprint density at radius 2 is 1.70 bits per heavy atom. The Kier molecular flexibility index (Phi) is 5.67. The number of aromatic nitrogens is 2. The molecule has 2 aliphatic carbocycles. The fraction of sp³-hybridized carbons (Fsp3) is 0.258. The fourth-order valence-electron chi connectivity index (χ4n) is 5.96. The molecule has 0 bridgehead atoms. The lowest BCUT2D eigenvalue weighted by atomic mass is 9.82. The predicted octanol–water partition coefficient (Wildman–Crippen LogP) is 5.25. The molecule has 3 aromatic carbocycles. The van der Waals surface area contributed by atoms with Gasteiger partial charge in [-0.15, -0.1) is 0 Å². The molecule has 0 aliphatic heterocycles. The van der Waals surface area contributed by atoms with Crippen molar-refractivity contribution in [3.63, 3.8) is 0 Å². The average molecular weight is 491 g/mol. The molecule has 6 heteroatoms. The molecule has 2 aliphatic rings. The van der Waals surface area contributed by atoms with Crippen LogP contribution in [-0.4, -0.2) is 27.6 Å². The van der Waals surface area contributed by atoms with Crippen LogP contribution in [0, 0.1) is 12.3 Å². The molecule has 1 spiro atoms. The lowest BCUT2D eigenvalue weighted by molar-refractivity contribution is -0.118. The van der Waals surface area contributed by atoms with Gasteiger partial charge < -0.3 is 10.6 Å². The van der Waals surface area contributed by atoms with Gasteiger partial charge in [-0.3, -0.25) is 14.3 Å². The number of rotatable bonds is 6. The third kappa shape index (κ3) is 4.22. The molecule has 0 saturated heterocycles. The van der Waals surface area contributed by atoms with E-state index in [0.717, 1.165) is 24.8 Å². The lowest BCUT2D eigenvalue weighted by Gasteiger charge is -2.29. The Balaban J connectivity index is 1.30. The van der Waals surface area contributed by atoms with Crippen molar-refractivity contribution in [1.82, 2.24) is 15.1 Å². The normalized spacial score (nSPS) is 17.7. The molecule has 6 nitrogen and oxygen atoms in total. The van der Waals surface area contributed by atoms with E-state index in [1.807, 2.05) is 42.5 Å². The van der Waals surface area contributed by atoms with Gasteiger partial charge >= 0.3 is 0 Å². The molecule has 1 saturated carbocycles. The monoisotopic (exact) mass is 490 g/mol. The first-order valence-corrected chi connectivity index (χ1v) is 12.8. The zero-order valence-electron chi connectivity index (χ0n) is 21.1. The molecule has 2 atom stereocenters. The van der Waals surface area contributed by atoms with E-state index in [1.165, 1.54) is 26.9 Å². The van der Waals surface area contributed by atoms with Crippen LogP contribution < -0.4 is 10.6 Å². The predicted molar refractivity (Wildman–Crippen MR) is 144 cm³/mol. The second-order valence-electron chi connectivity index (χ2n) is 10.4. The van der Waals surface area contributed by atoms with Gasteiger partial charge in [0.1, 0.15) is 11.7 Å². The Bertz CT molecular complexity index is 1480. The van der Waals surface area contributed by atoms with Crippen molar-refractivity contribution in [2.24, 2.45) is 12.5 Å². The number of nitrogens with one attached hydrogen (secondary N) is 2. The summed E-state index contributed by atoms with van der Waals surface area (Å²) in [6, 6.07) is 25.4. The van der Waals surface area contributed by atoms with Gasteiger partial charge in [-0.2, -0.15) is 5.10 Å². The van der Waals surface area contributed by atoms with E-state index >= 15 is 0 Å². The molecule has 4 aromatic rings. The van der Waals surface area contributed by atoms with Crippen LogP contribution in [0.25, 0.3) is 11.1 Å². The van der Waals surface area contributed by atoms with Crippen LogP contribution in [0.4, 0.5) is 5.69 Å². The molecule has 37 heavy (non-hydrogen) atoms. The number of amides is 2. The maximum absolute atomic E-state index is 13.9. The van der Waals surface area contributed by atoms with E-state index in [4.69, 9.17) is 0 Å². The standard InChI is InChI=1S/C31H30N4O2/c1-20-7-3-5-9-24(20)21-11-13-23(14-12-21)33-30(37)28(34-29(36)26-15-18-32-35(26)2)27-25-10-6-4-8-22(25)19-31(27)16-17-31/h3-15,18,27-28H,16-17,19H2,1-2H3,(H,33,37)(H,34,36)/t27?,28-/m0/s1. The van der Waals surface area contributed by atoms with Gasteiger partial charge in [-0.05, 0) is 77.6 Å². The molecule has 186 valence electrons. The number of anilines is 1. The highest BCUT2D eigenvalue weighted by atomic mass is 16.2. The number of carbonyl (C=O) groups excluding carboxylic acids is 2. The van der Waals surface area contributed by atoms with Crippen molar-refractivity contribution in [1.29, 1.82) is 0 Å². The second-order valence-corrected chi connectivity index (χ2v) is 10.4. The molecule has 1 aromatic heterocycles. The second kappa shape index (κ2) is 9.04. The van der Waals surface area contributed by atoms with Gasteiger partial charge in [0.2, 0.25) is 5.91 Å². The van der Waals surface area contributed by atoms with E-state index in [0.29, 0.717) is 11.4 Å². The van der Waals surface area contributed by atoms with Crippen LogP contribution in [0.1, 0.15) is 45.9 Å². The van der Waals surface area contributed by atoms with Crippen molar-refractivity contribution < 1.29 is 9.59 Å². The maximum Gasteiger partial charge on any atom is 0.270 e. The van der Waals surface area contributed by atoms with Crippen molar-refractivity contribution in [3.05, 3.63) is 107 Å². The maximum atomic E-state index is 13.9. The molecule has 1 unspecified atom stereocenters. The molecular formula is C31H30N4O2.